The number of hydrogen-bond donors (Lipinski definition) is 1. The van der Waals surface area contributed by atoms with Crippen molar-refractivity contribution in [3.8, 4) is 0 Å². The molecule has 0 heterocycles. The molecule has 1 radical (unpaired) electrons. The topological polar surface area (TPSA) is 23.5 Å². The van der Waals surface area contributed by atoms with Crippen molar-refractivity contribution in [2.75, 3.05) is 27.2 Å². The molecular weight excluding hydrogens is 179 g/mol. The maximum atomic E-state index is 8.29. The summed E-state index contributed by atoms with van der Waals surface area (Å²) in [6.07, 6.45) is 0.882. The molecule has 0 aliphatic heterocycles. The third kappa shape index (κ3) is 10.1. The van der Waals surface area contributed by atoms with Gasteiger partial charge in [-0.2, -0.15) is 0 Å². The number of hydrogen-bond acceptors (Lipinski definition) is 2. The smallest absolute Gasteiger partial charge is 0.0443 e. The maximum Gasteiger partial charge on any atom is 0.0443 e. The largest absolute Gasteiger partial charge is 0.396 e. The van der Waals surface area contributed by atoms with E-state index in [0.717, 1.165) is 13.0 Å². The van der Waals surface area contributed by atoms with Crippen molar-refractivity contribution in [3.05, 3.63) is 0 Å². The van der Waals surface area contributed by atoms with E-state index >= 15 is 0 Å². The van der Waals surface area contributed by atoms with E-state index in [1.165, 1.54) is 0 Å². The van der Waals surface area contributed by atoms with E-state index < -0.39 is 0 Å². The molecule has 0 bridgehead atoms. The Morgan fingerprint density at radius 2 is 1.88 bits per heavy atom. The van der Waals surface area contributed by atoms with E-state index in [1.54, 1.807) is 0 Å². The van der Waals surface area contributed by atoms with Crippen molar-refractivity contribution in [2.45, 2.75) is 6.42 Å². The predicted octanol–water partition coefficient (Wildman–Crippen LogP) is -0.0721. The van der Waals surface area contributed by atoms with Crippen molar-refractivity contribution in [1.29, 1.82) is 0 Å². The summed E-state index contributed by atoms with van der Waals surface area (Å²) in [7, 11) is 3.99. The molecule has 8 heavy (non-hydrogen) atoms. The number of aliphatic hydroxyl groups is 1. The summed E-state index contributed by atoms with van der Waals surface area (Å²) in [5, 5.41) is 8.29. The molecule has 3 heteroatoms. The van der Waals surface area contributed by atoms with Crippen molar-refractivity contribution >= 4 is 0 Å². The fraction of sp³-hybridized carbons (Fsp3) is 1.00. The summed E-state index contributed by atoms with van der Waals surface area (Å²) in [6, 6.07) is 0. The van der Waals surface area contributed by atoms with Gasteiger partial charge < -0.3 is 10.0 Å². The van der Waals surface area contributed by atoms with Gasteiger partial charge in [0.2, 0.25) is 0 Å². The first-order valence-corrected chi connectivity index (χ1v) is 2.53. The van der Waals surface area contributed by atoms with Crippen LogP contribution in [0.4, 0.5) is 0 Å². The molecule has 1 N–H and O–H groups in total. The monoisotopic (exact) mass is 192 g/mol. The fourth-order valence-electron chi connectivity index (χ4n) is 0.387. The molecule has 0 aliphatic carbocycles. The van der Waals surface area contributed by atoms with E-state index in [-0.39, 0.29) is 32.7 Å². The second-order valence-corrected chi connectivity index (χ2v) is 1.88. The first-order chi connectivity index (χ1) is 3.27. The predicted molar refractivity (Wildman–Crippen MR) is 30.3 cm³/mol. The Bertz CT molecular complexity index is 41.4. The normalized spacial score (nSPS) is 9.00. The van der Waals surface area contributed by atoms with Gasteiger partial charge in [0.15, 0.2) is 0 Å². The maximum absolute atomic E-state index is 8.29. The molecule has 0 amide bonds. The van der Waals surface area contributed by atoms with Gasteiger partial charge in [-0.3, -0.25) is 0 Å². The number of rotatable bonds is 3. The summed E-state index contributed by atoms with van der Waals surface area (Å²) >= 11 is 0. The van der Waals surface area contributed by atoms with Crippen LogP contribution in [0.5, 0.6) is 0 Å². The molecule has 0 saturated carbocycles. The fourth-order valence-corrected chi connectivity index (χ4v) is 0.387. The number of aliphatic hydroxyl groups excluding tert-OH is 1. The van der Waals surface area contributed by atoms with E-state index in [1.807, 2.05) is 14.1 Å². The molecular formula is C5H13NOY. The first kappa shape index (κ1) is 11.8. The van der Waals surface area contributed by atoms with Gasteiger partial charge in [-0.1, -0.05) is 0 Å². The molecule has 0 spiro atoms. The molecule has 0 aromatic carbocycles. The molecule has 0 aliphatic rings. The molecule has 0 unspecified atom stereocenters. The van der Waals surface area contributed by atoms with Gasteiger partial charge in [0.05, 0.1) is 0 Å². The summed E-state index contributed by atoms with van der Waals surface area (Å²) in [5.41, 5.74) is 0. The van der Waals surface area contributed by atoms with Crippen molar-refractivity contribution < 1.29 is 37.8 Å². The van der Waals surface area contributed by atoms with Crippen LogP contribution in [-0.4, -0.2) is 37.3 Å². The zero-order valence-corrected chi connectivity index (χ0v) is 8.43. The second kappa shape index (κ2) is 8.02. The summed E-state index contributed by atoms with van der Waals surface area (Å²) < 4.78 is 0. The summed E-state index contributed by atoms with van der Waals surface area (Å²) in [6.45, 7) is 1.29. The third-order valence-electron chi connectivity index (χ3n) is 0.763. The Hall–Kier alpha value is 1.02. The van der Waals surface area contributed by atoms with Crippen LogP contribution in [0.1, 0.15) is 6.42 Å². The molecule has 2 nitrogen and oxygen atoms in total. The minimum Gasteiger partial charge on any atom is -0.396 e. The molecule has 0 aromatic heterocycles. The molecule has 0 rings (SSSR count). The van der Waals surface area contributed by atoms with Gasteiger partial charge in [-0.25, -0.2) is 0 Å². The van der Waals surface area contributed by atoms with Crippen LogP contribution < -0.4 is 0 Å². The van der Waals surface area contributed by atoms with Crippen LogP contribution in [-0.2, 0) is 32.7 Å². The zero-order valence-electron chi connectivity index (χ0n) is 5.59. The number of nitrogens with zero attached hydrogens (tertiary/aromatic N) is 1. The Morgan fingerprint density at radius 3 is 2.00 bits per heavy atom. The minimum absolute atomic E-state index is 0. The van der Waals surface area contributed by atoms with Gasteiger partial charge >= 0.3 is 0 Å². The van der Waals surface area contributed by atoms with Gasteiger partial charge in [0.25, 0.3) is 0 Å². The van der Waals surface area contributed by atoms with Crippen LogP contribution in [0.2, 0.25) is 0 Å². The van der Waals surface area contributed by atoms with Crippen LogP contribution in [0.25, 0.3) is 0 Å². The second-order valence-electron chi connectivity index (χ2n) is 1.88. The van der Waals surface area contributed by atoms with Crippen LogP contribution in [0.15, 0.2) is 0 Å². The van der Waals surface area contributed by atoms with E-state index in [0.29, 0.717) is 6.61 Å². The van der Waals surface area contributed by atoms with Crippen molar-refractivity contribution in [1.82, 2.24) is 4.90 Å². The molecule has 0 aromatic rings. The van der Waals surface area contributed by atoms with E-state index in [2.05, 4.69) is 4.90 Å². The van der Waals surface area contributed by atoms with Crippen LogP contribution >= 0.6 is 0 Å². The third-order valence-corrected chi connectivity index (χ3v) is 0.763. The minimum atomic E-state index is 0. The van der Waals surface area contributed by atoms with Crippen LogP contribution in [0.3, 0.4) is 0 Å². The van der Waals surface area contributed by atoms with Crippen molar-refractivity contribution in [3.63, 3.8) is 0 Å². The average Bonchev–Trinajstić information content (AvgIpc) is 1.61. The summed E-state index contributed by atoms with van der Waals surface area (Å²) in [4.78, 5) is 2.05. The molecule has 47 valence electrons. The zero-order chi connectivity index (χ0) is 5.70. The quantitative estimate of drug-likeness (QED) is 0.676. The SMILES string of the molecule is CN(C)CCCO.[Y]. The van der Waals surface area contributed by atoms with Gasteiger partial charge in [-0.15, -0.1) is 0 Å². The summed E-state index contributed by atoms with van der Waals surface area (Å²) in [5.74, 6) is 0. The Labute approximate surface area is 76.1 Å². The van der Waals surface area contributed by atoms with E-state index in [9.17, 15) is 0 Å². The standard InChI is InChI=1S/C5H13NO.Y/c1-6(2)4-3-5-7;/h7H,3-5H2,1-2H3;. The van der Waals surface area contributed by atoms with Crippen LogP contribution in [0, 0.1) is 0 Å². The van der Waals surface area contributed by atoms with E-state index in [4.69, 9.17) is 5.11 Å². The average molecular weight is 192 g/mol. The van der Waals surface area contributed by atoms with Gasteiger partial charge in [0, 0.05) is 39.3 Å². The Balaban J connectivity index is 0. The molecule has 0 fully saturated rings. The van der Waals surface area contributed by atoms with Gasteiger partial charge in [0.1, 0.15) is 0 Å². The van der Waals surface area contributed by atoms with Crippen molar-refractivity contribution in [2.24, 2.45) is 0 Å². The molecule has 0 saturated heterocycles. The Morgan fingerprint density at radius 1 is 1.38 bits per heavy atom. The van der Waals surface area contributed by atoms with Gasteiger partial charge in [-0.05, 0) is 27.1 Å². The first-order valence-electron chi connectivity index (χ1n) is 2.53. The molecule has 0 atom stereocenters. The Kier molecular flexibility index (Phi) is 11.8.